The summed E-state index contributed by atoms with van der Waals surface area (Å²) in [5, 5.41) is 5.61. The molecule has 0 atom stereocenters. The normalized spacial score (nSPS) is 18.8. The smallest absolute Gasteiger partial charge is 0.263 e. The summed E-state index contributed by atoms with van der Waals surface area (Å²) in [5.74, 6) is -0.0816. The van der Waals surface area contributed by atoms with Crippen molar-refractivity contribution in [3.63, 3.8) is 0 Å². The predicted octanol–water partition coefficient (Wildman–Crippen LogP) is 2.04. The van der Waals surface area contributed by atoms with Gasteiger partial charge in [0.05, 0.1) is 4.88 Å². The zero-order chi connectivity index (χ0) is 17.6. The van der Waals surface area contributed by atoms with Crippen LogP contribution in [0.15, 0.2) is 17.5 Å². The lowest BCUT2D eigenvalue weighted by atomic mass is 9.96. The van der Waals surface area contributed by atoms with Gasteiger partial charge in [0.2, 0.25) is 5.91 Å². The Balaban J connectivity index is 1.38. The Morgan fingerprint density at radius 3 is 2.48 bits per heavy atom. The van der Waals surface area contributed by atoms with Crippen molar-refractivity contribution in [2.75, 3.05) is 13.1 Å². The van der Waals surface area contributed by atoms with Gasteiger partial charge in [-0.15, -0.1) is 11.3 Å². The van der Waals surface area contributed by atoms with Gasteiger partial charge in [0, 0.05) is 25.0 Å². The maximum absolute atomic E-state index is 12.3. The monoisotopic (exact) mass is 380 g/mol. The van der Waals surface area contributed by atoms with Crippen molar-refractivity contribution in [2.24, 2.45) is 5.92 Å². The molecule has 3 N–H and O–H groups in total. The topological polar surface area (TPSA) is 73.5 Å². The predicted molar refractivity (Wildman–Crippen MR) is 102 cm³/mol. The van der Waals surface area contributed by atoms with E-state index in [1.807, 2.05) is 22.4 Å². The number of thiophene rings is 1. The lowest BCUT2D eigenvalue weighted by Crippen LogP contribution is -2.52. The van der Waals surface area contributed by atoms with Crippen LogP contribution in [0.4, 0.5) is 0 Å². The number of piperidine rings is 1. The maximum Gasteiger partial charge on any atom is 0.263 e. The summed E-state index contributed by atoms with van der Waals surface area (Å²) in [6, 6.07) is 4.14. The minimum absolute atomic E-state index is 0.0567. The lowest BCUT2D eigenvalue weighted by molar-refractivity contribution is -0.126. The van der Waals surface area contributed by atoms with Gasteiger partial charge in [0.25, 0.3) is 5.91 Å². The van der Waals surface area contributed by atoms with Crippen LogP contribution in [0, 0.1) is 5.92 Å². The molecule has 0 unspecified atom stereocenters. The fourth-order valence-corrected chi connectivity index (χ4v) is 4.32. The summed E-state index contributed by atoms with van der Waals surface area (Å²) in [7, 11) is 0. The van der Waals surface area contributed by atoms with Crippen LogP contribution in [0.5, 0.6) is 0 Å². The highest BCUT2D eigenvalue weighted by molar-refractivity contribution is 7.80. The molecular weight excluding hydrogens is 356 g/mol. The maximum atomic E-state index is 12.3. The highest BCUT2D eigenvalue weighted by atomic mass is 32.1. The van der Waals surface area contributed by atoms with E-state index in [2.05, 4.69) is 16.2 Å². The molecule has 2 aliphatic rings. The Morgan fingerprint density at radius 1 is 1.12 bits per heavy atom. The molecule has 2 fully saturated rings. The molecule has 1 saturated carbocycles. The molecule has 1 aromatic rings. The molecule has 1 aromatic heterocycles. The zero-order valence-corrected chi connectivity index (χ0v) is 15.8. The number of hydrazine groups is 1. The third-order valence-electron chi connectivity index (χ3n) is 4.87. The molecule has 2 heterocycles. The van der Waals surface area contributed by atoms with Crippen molar-refractivity contribution >= 4 is 40.5 Å². The van der Waals surface area contributed by atoms with Crippen LogP contribution >= 0.6 is 23.6 Å². The fraction of sp³-hybridized carbons (Fsp3) is 0.588. The average molecular weight is 381 g/mol. The average Bonchev–Trinajstić information content (AvgIpc) is 3.33. The molecule has 1 aliphatic carbocycles. The Morgan fingerprint density at radius 2 is 1.84 bits per heavy atom. The SMILES string of the molecule is O=C(NNC(=S)NC1CCCC1)C1CCN(C(=O)c2cccs2)CC1. The lowest BCUT2D eigenvalue weighted by Gasteiger charge is -2.31. The summed E-state index contributed by atoms with van der Waals surface area (Å²) in [5.41, 5.74) is 5.51. The van der Waals surface area contributed by atoms with Crippen LogP contribution in [0.2, 0.25) is 0 Å². The van der Waals surface area contributed by atoms with Gasteiger partial charge in [-0.05, 0) is 49.3 Å². The van der Waals surface area contributed by atoms with E-state index in [1.54, 1.807) is 0 Å². The summed E-state index contributed by atoms with van der Waals surface area (Å²) in [6.45, 7) is 1.22. The Kier molecular flexibility index (Phi) is 6.25. The third-order valence-corrected chi connectivity index (χ3v) is 5.95. The minimum Gasteiger partial charge on any atom is -0.359 e. The van der Waals surface area contributed by atoms with E-state index in [0.29, 0.717) is 37.1 Å². The first-order valence-electron chi connectivity index (χ1n) is 8.82. The second kappa shape index (κ2) is 8.62. The van der Waals surface area contributed by atoms with Crippen LogP contribution in [0.25, 0.3) is 0 Å². The van der Waals surface area contributed by atoms with E-state index in [0.717, 1.165) is 17.7 Å². The molecule has 0 aromatic carbocycles. The number of hydrogen-bond donors (Lipinski definition) is 3. The van der Waals surface area contributed by atoms with Crippen LogP contribution in [0.3, 0.4) is 0 Å². The standard InChI is InChI=1S/C17H24N4O2S2/c22-15(19-20-17(24)18-13-4-1-2-5-13)12-7-9-21(10-8-12)16(23)14-6-3-11-25-14/h3,6,11-13H,1-2,4-5,7-10H2,(H,19,22)(H2,18,20,24). The van der Waals surface area contributed by atoms with E-state index in [9.17, 15) is 9.59 Å². The van der Waals surface area contributed by atoms with Crippen molar-refractivity contribution in [1.29, 1.82) is 0 Å². The molecular formula is C17H24N4O2S2. The van der Waals surface area contributed by atoms with Gasteiger partial charge in [-0.1, -0.05) is 18.9 Å². The number of carbonyl (C=O) groups is 2. The number of hydrogen-bond acceptors (Lipinski definition) is 4. The highest BCUT2D eigenvalue weighted by Gasteiger charge is 2.28. The number of nitrogens with one attached hydrogen (secondary N) is 3. The Labute approximate surface area is 157 Å². The van der Waals surface area contributed by atoms with Crippen LogP contribution in [-0.2, 0) is 4.79 Å². The van der Waals surface area contributed by atoms with Gasteiger partial charge >= 0.3 is 0 Å². The van der Waals surface area contributed by atoms with Crippen molar-refractivity contribution in [3.05, 3.63) is 22.4 Å². The minimum atomic E-state index is -0.0887. The van der Waals surface area contributed by atoms with Gasteiger partial charge < -0.3 is 10.2 Å². The van der Waals surface area contributed by atoms with Crippen molar-refractivity contribution in [3.8, 4) is 0 Å². The largest absolute Gasteiger partial charge is 0.359 e. The van der Waals surface area contributed by atoms with Gasteiger partial charge in [-0.3, -0.25) is 20.4 Å². The number of carbonyl (C=O) groups excluding carboxylic acids is 2. The number of amides is 2. The second-order valence-corrected chi connectivity index (χ2v) is 7.97. The summed E-state index contributed by atoms with van der Waals surface area (Å²) in [6.07, 6.45) is 6.07. The van der Waals surface area contributed by atoms with E-state index in [1.165, 1.54) is 24.2 Å². The van der Waals surface area contributed by atoms with E-state index >= 15 is 0 Å². The first-order chi connectivity index (χ1) is 12.1. The number of nitrogens with zero attached hydrogens (tertiary/aromatic N) is 1. The molecule has 0 spiro atoms. The van der Waals surface area contributed by atoms with Crippen molar-refractivity contribution in [2.45, 2.75) is 44.6 Å². The zero-order valence-electron chi connectivity index (χ0n) is 14.1. The molecule has 8 heteroatoms. The molecule has 1 saturated heterocycles. The van der Waals surface area contributed by atoms with E-state index in [4.69, 9.17) is 12.2 Å². The Bertz CT molecular complexity index is 606. The molecule has 0 bridgehead atoms. The van der Waals surface area contributed by atoms with Gasteiger partial charge in [0.1, 0.15) is 0 Å². The van der Waals surface area contributed by atoms with Crippen molar-refractivity contribution < 1.29 is 9.59 Å². The molecule has 25 heavy (non-hydrogen) atoms. The third kappa shape index (κ3) is 4.92. The van der Waals surface area contributed by atoms with Gasteiger partial charge in [0.15, 0.2) is 5.11 Å². The van der Waals surface area contributed by atoms with Gasteiger partial charge in [-0.2, -0.15) is 0 Å². The van der Waals surface area contributed by atoms with Crippen molar-refractivity contribution in [1.82, 2.24) is 21.1 Å². The van der Waals surface area contributed by atoms with Crippen LogP contribution in [0.1, 0.15) is 48.2 Å². The number of likely N-dealkylation sites (tertiary alicyclic amines) is 1. The van der Waals surface area contributed by atoms with Crippen LogP contribution in [-0.4, -0.2) is 41.0 Å². The molecule has 6 nitrogen and oxygen atoms in total. The van der Waals surface area contributed by atoms with E-state index < -0.39 is 0 Å². The molecule has 1 aliphatic heterocycles. The molecule has 3 rings (SSSR count). The van der Waals surface area contributed by atoms with Gasteiger partial charge in [-0.25, -0.2) is 0 Å². The number of rotatable bonds is 3. The first kappa shape index (κ1) is 18.1. The summed E-state index contributed by atoms with van der Waals surface area (Å²) in [4.78, 5) is 27.2. The highest BCUT2D eigenvalue weighted by Crippen LogP contribution is 2.21. The van der Waals surface area contributed by atoms with Crippen LogP contribution < -0.4 is 16.2 Å². The van der Waals surface area contributed by atoms with E-state index in [-0.39, 0.29) is 17.7 Å². The fourth-order valence-electron chi connectivity index (χ4n) is 3.41. The molecule has 2 amide bonds. The second-order valence-electron chi connectivity index (χ2n) is 6.61. The molecule has 136 valence electrons. The summed E-state index contributed by atoms with van der Waals surface area (Å²) < 4.78 is 0. The quantitative estimate of drug-likeness (QED) is 0.553. The number of thiocarbonyl (C=S) groups is 1. The first-order valence-corrected chi connectivity index (χ1v) is 10.1. The Hall–Kier alpha value is -1.67. The molecule has 0 radical (unpaired) electrons. The summed E-state index contributed by atoms with van der Waals surface area (Å²) >= 11 is 6.67.